The first-order valence-corrected chi connectivity index (χ1v) is 7.29. The van der Waals surface area contributed by atoms with Crippen LogP contribution in [0, 0.1) is 6.92 Å². The van der Waals surface area contributed by atoms with Gasteiger partial charge in [0.05, 0.1) is 0 Å². The van der Waals surface area contributed by atoms with Crippen molar-refractivity contribution < 1.29 is 0 Å². The van der Waals surface area contributed by atoms with Gasteiger partial charge in [0.15, 0.2) is 4.34 Å². The topological polar surface area (TPSA) is 51.6 Å². The molecule has 17 heavy (non-hydrogen) atoms. The number of nitrogens with zero attached hydrogens (tertiary/aromatic N) is 4. The fourth-order valence-corrected chi connectivity index (χ4v) is 3.11. The van der Waals surface area contributed by atoms with E-state index in [1.807, 2.05) is 6.92 Å². The Morgan fingerprint density at radius 3 is 2.88 bits per heavy atom. The van der Waals surface area contributed by atoms with E-state index in [4.69, 9.17) is 11.6 Å². The predicted octanol–water partition coefficient (Wildman–Crippen LogP) is 3.32. The van der Waals surface area contributed by atoms with Crippen molar-refractivity contribution >= 4 is 34.7 Å². The van der Waals surface area contributed by atoms with Crippen LogP contribution in [-0.2, 0) is 0 Å². The van der Waals surface area contributed by atoms with Gasteiger partial charge in [-0.25, -0.2) is 9.97 Å². The van der Waals surface area contributed by atoms with Crippen LogP contribution in [0.2, 0.25) is 5.15 Å². The van der Waals surface area contributed by atoms with Gasteiger partial charge in [-0.1, -0.05) is 22.9 Å². The zero-order valence-electron chi connectivity index (χ0n) is 9.05. The molecule has 0 N–H and O–H groups in total. The Kier molecular flexibility index (Phi) is 3.02. The normalized spacial score (nSPS) is 15.2. The lowest BCUT2D eigenvalue weighted by atomic mass is 10.3. The molecule has 7 heteroatoms. The molecule has 4 nitrogen and oxygen atoms in total. The molecule has 2 aromatic heterocycles. The van der Waals surface area contributed by atoms with Gasteiger partial charge < -0.3 is 0 Å². The van der Waals surface area contributed by atoms with Crippen LogP contribution in [0.1, 0.15) is 30.1 Å². The van der Waals surface area contributed by atoms with Gasteiger partial charge in [-0.05, 0) is 31.5 Å². The summed E-state index contributed by atoms with van der Waals surface area (Å²) in [5.74, 6) is 1.37. The highest BCUT2D eigenvalue weighted by Crippen LogP contribution is 2.40. The number of hydrogen-bond donors (Lipinski definition) is 0. The van der Waals surface area contributed by atoms with Gasteiger partial charge in [-0.3, -0.25) is 0 Å². The third kappa shape index (κ3) is 2.43. The monoisotopic (exact) mass is 284 g/mol. The lowest BCUT2D eigenvalue weighted by Gasteiger charge is -2.06. The van der Waals surface area contributed by atoms with Crippen LogP contribution in [0.25, 0.3) is 0 Å². The molecule has 0 amide bonds. The first kappa shape index (κ1) is 11.4. The molecule has 2 aromatic rings. The second-order valence-electron chi connectivity index (χ2n) is 3.88. The molecule has 1 saturated carbocycles. The minimum atomic E-state index is 0.502. The molecule has 88 valence electrons. The van der Waals surface area contributed by atoms with Crippen LogP contribution in [0.15, 0.2) is 14.9 Å². The molecule has 3 rings (SSSR count). The van der Waals surface area contributed by atoms with E-state index in [1.165, 1.54) is 35.9 Å². The van der Waals surface area contributed by atoms with Gasteiger partial charge >= 0.3 is 0 Å². The quantitative estimate of drug-likeness (QED) is 0.809. The van der Waals surface area contributed by atoms with Crippen molar-refractivity contribution in [3.8, 4) is 0 Å². The standard InChI is InChI=1S/C10H9ClN4S2/c1-5-7(11)13-8(6-2-3-6)14-9(5)17-10-15-12-4-16-10/h4,6H,2-3H2,1H3. The molecule has 2 heterocycles. The molecule has 0 saturated heterocycles. The molecule has 1 aliphatic rings. The van der Waals surface area contributed by atoms with E-state index in [9.17, 15) is 0 Å². The summed E-state index contributed by atoms with van der Waals surface area (Å²) in [5, 5.41) is 9.25. The van der Waals surface area contributed by atoms with E-state index in [1.54, 1.807) is 5.51 Å². The van der Waals surface area contributed by atoms with E-state index in [2.05, 4.69) is 20.2 Å². The number of hydrogen-bond acceptors (Lipinski definition) is 6. The van der Waals surface area contributed by atoms with Crippen molar-refractivity contribution in [3.05, 3.63) is 22.1 Å². The maximum Gasteiger partial charge on any atom is 0.180 e. The lowest BCUT2D eigenvalue weighted by molar-refractivity contribution is 0.860. The molecule has 0 atom stereocenters. The predicted molar refractivity (Wildman–Crippen MR) is 67.8 cm³/mol. The Morgan fingerprint density at radius 2 is 2.24 bits per heavy atom. The molecule has 1 aliphatic carbocycles. The maximum absolute atomic E-state index is 6.13. The molecule has 1 fully saturated rings. The molecule has 0 spiro atoms. The number of aromatic nitrogens is 4. The van der Waals surface area contributed by atoms with Gasteiger partial charge in [0.1, 0.15) is 21.5 Å². The van der Waals surface area contributed by atoms with Crippen LogP contribution < -0.4 is 0 Å². The highest BCUT2D eigenvalue weighted by molar-refractivity contribution is 8.01. The van der Waals surface area contributed by atoms with E-state index in [-0.39, 0.29) is 0 Å². The number of halogens is 1. The highest BCUT2D eigenvalue weighted by atomic mass is 35.5. The van der Waals surface area contributed by atoms with Crippen LogP contribution in [0.5, 0.6) is 0 Å². The summed E-state index contributed by atoms with van der Waals surface area (Å²) >= 11 is 9.14. The van der Waals surface area contributed by atoms with Gasteiger partial charge in [-0.2, -0.15) is 0 Å². The van der Waals surface area contributed by atoms with Crippen molar-refractivity contribution in [2.75, 3.05) is 0 Å². The minimum absolute atomic E-state index is 0.502. The number of rotatable bonds is 3. The van der Waals surface area contributed by atoms with Gasteiger partial charge in [0, 0.05) is 11.5 Å². The Bertz CT molecular complexity index is 539. The summed E-state index contributed by atoms with van der Waals surface area (Å²) in [7, 11) is 0. The van der Waals surface area contributed by atoms with Gasteiger partial charge in [-0.15, -0.1) is 10.2 Å². The lowest BCUT2D eigenvalue weighted by Crippen LogP contribution is -1.98. The van der Waals surface area contributed by atoms with Gasteiger partial charge in [0.2, 0.25) is 0 Å². The summed E-state index contributed by atoms with van der Waals surface area (Å²) in [6.45, 7) is 1.93. The first-order valence-electron chi connectivity index (χ1n) is 5.22. The van der Waals surface area contributed by atoms with E-state index in [0.29, 0.717) is 11.1 Å². The Labute approximate surface area is 112 Å². The smallest absolute Gasteiger partial charge is 0.180 e. The minimum Gasteiger partial charge on any atom is -0.225 e. The second kappa shape index (κ2) is 4.51. The van der Waals surface area contributed by atoms with Crippen LogP contribution in [0.3, 0.4) is 0 Å². The summed E-state index contributed by atoms with van der Waals surface area (Å²) in [6.07, 6.45) is 2.34. The fourth-order valence-electron chi connectivity index (χ4n) is 1.40. The largest absolute Gasteiger partial charge is 0.225 e. The Morgan fingerprint density at radius 1 is 1.41 bits per heavy atom. The molecule has 0 aromatic carbocycles. The highest BCUT2D eigenvalue weighted by Gasteiger charge is 2.28. The van der Waals surface area contributed by atoms with Crippen LogP contribution in [-0.4, -0.2) is 20.2 Å². The first-order chi connectivity index (χ1) is 8.24. The molecular weight excluding hydrogens is 276 g/mol. The Balaban J connectivity index is 1.96. The van der Waals surface area contributed by atoms with Crippen molar-refractivity contribution in [3.63, 3.8) is 0 Å². The molecule has 0 aliphatic heterocycles. The van der Waals surface area contributed by atoms with Crippen molar-refractivity contribution in [2.45, 2.75) is 35.0 Å². The molecule has 0 bridgehead atoms. The van der Waals surface area contributed by atoms with Gasteiger partial charge in [0.25, 0.3) is 0 Å². The fraction of sp³-hybridized carbons (Fsp3) is 0.400. The van der Waals surface area contributed by atoms with Crippen LogP contribution >= 0.6 is 34.7 Å². The van der Waals surface area contributed by atoms with E-state index in [0.717, 1.165) is 20.8 Å². The zero-order chi connectivity index (χ0) is 11.8. The van der Waals surface area contributed by atoms with Crippen molar-refractivity contribution in [1.29, 1.82) is 0 Å². The third-order valence-corrected chi connectivity index (χ3v) is 4.76. The summed E-state index contributed by atoms with van der Waals surface area (Å²) in [4.78, 5) is 8.91. The van der Waals surface area contributed by atoms with E-state index < -0.39 is 0 Å². The summed E-state index contributed by atoms with van der Waals surface area (Å²) in [5.41, 5.74) is 2.62. The molecule has 0 unspecified atom stereocenters. The van der Waals surface area contributed by atoms with Crippen molar-refractivity contribution in [1.82, 2.24) is 20.2 Å². The SMILES string of the molecule is Cc1c(Cl)nc(C2CC2)nc1Sc1nncs1. The second-order valence-corrected chi connectivity index (χ2v) is 6.31. The summed E-state index contributed by atoms with van der Waals surface area (Å²) in [6, 6.07) is 0. The van der Waals surface area contributed by atoms with Crippen molar-refractivity contribution in [2.24, 2.45) is 0 Å². The summed E-state index contributed by atoms with van der Waals surface area (Å²) < 4.78 is 0.879. The molecule has 0 radical (unpaired) electrons. The average Bonchev–Trinajstić information content (AvgIpc) is 3.04. The van der Waals surface area contributed by atoms with E-state index >= 15 is 0 Å². The van der Waals surface area contributed by atoms with Crippen LogP contribution in [0.4, 0.5) is 0 Å². The average molecular weight is 285 g/mol. The third-order valence-electron chi connectivity index (χ3n) is 2.53. The Hall–Kier alpha value is -0.720. The zero-order valence-corrected chi connectivity index (χ0v) is 11.4. The maximum atomic E-state index is 6.13. The molecular formula is C10H9ClN4S2.